The maximum Gasteiger partial charge on any atom is 0.239 e. The molecule has 120 valence electrons. The molecule has 1 aliphatic rings. The average Bonchev–Trinajstić information content (AvgIpc) is 2.53. The highest BCUT2D eigenvalue weighted by Crippen LogP contribution is 2.17. The Labute approximate surface area is 131 Å². The number of benzene rings is 1. The first-order chi connectivity index (χ1) is 10.6. The van der Waals surface area contributed by atoms with Crippen LogP contribution in [0.25, 0.3) is 0 Å². The van der Waals surface area contributed by atoms with Gasteiger partial charge >= 0.3 is 0 Å². The van der Waals surface area contributed by atoms with Gasteiger partial charge in [0.05, 0.1) is 6.04 Å². The van der Waals surface area contributed by atoms with E-state index in [0.717, 1.165) is 31.5 Å². The molecule has 0 spiro atoms. The molecule has 1 aliphatic heterocycles. The minimum atomic E-state index is -0.478. The summed E-state index contributed by atoms with van der Waals surface area (Å²) in [5, 5.41) is 2.85. The zero-order valence-electron chi connectivity index (χ0n) is 13.1. The Kier molecular flexibility index (Phi) is 5.95. The Morgan fingerprint density at radius 2 is 1.91 bits per heavy atom. The maximum atomic E-state index is 12.4. The number of likely N-dealkylation sites (tertiary alicyclic amines) is 1. The number of nitrogens with one attached hydrogen (secondary N) is 1. The second-order valence-corrected chi connectivity index (χ2v) is 6.00. The van der Waals surface area contributed by atoms with Crippen LogP contribution < -0.4 is 11.1 Å². The summed E-state index contributed by atoms with van der Waals surface area (Å²) in [6.45, 7) is 3.69. The van der Waals surface area contributed by atoms with E-state index in [9.17, 15) is 9.59 Å². The van der Waals surface area contributed by atoms with E-state index in [1.807, 2.05) is 35.2 Å². The summed E-state index contributed by atoms with van der Waals surface area (Å²) in [6, 6.07) is 9.38. The van der Waals surface area contributed by atoms with E-state index < -0.39 is 6.04 Å². The SMILES string of the molecule is CC(=O)NCC1CCN(C(=O)C(N)Cc2ccccc2)CC1. The van der Waals surface area contributed by atoms with Gasteiger partial charge in [-0.3, -0.25) is 9.59 Å². The van der Waals surface area contributed by atoms with Crippen molar-refractivity contribution in [3.63, 3.8) is 0 Å². The normalized spacial score (nSPS) is 17.1. The summed E-state index contributed by atoms with van der Waals surface area (Å²) in [4.78, 5) is 25.2. The number of hydrogen-bond donors (Lipinski definition) is 2. The number of nitrogens with zero attached hydrogens (tertiary/aromatic N) is 1. The van der Waals surface area contributed by atoms with Crippen LogP contribution in [0.15, 0.2) is 30.3 Å². The van der Waals surface area contributed by atoms with Crippen molar-refractivity contribution in [1.29, 1.82) is 0 Å². The average molecular weight is 303 g/mol. The molecule has 5 heteroatoms. The minimum absolute atomic E-state index is 0.00314. The lowest BCUT2D eigenvalue weighted by Crippen LogP contribution is -2.48. The van der Waals surface area contributed by atoms with Gasteiger partial charge in [-0.1, -0.05) is 30.3 Å². The van der Waals surface area contributed by atoms with Gasteiger partial charge in [0, 0.05) is 26.6 Å². The lowest BCUT2D eigenvalue weighted by molar-refractivity contribution is -0.134. The van der Waals surface area contributed by atoms with Crippen LogP contribution in [0.2, 0.25) is 0 Å². The predicted octanol–water partition coefficient (Wildman–Crippen LogP) is 0.931. The van der Waals surface area contributed by atoms with Crippen LogP contribution in [0.1, 0.15) is 25.3 Å². The van der Waals surface area contributed by atoms with Crippen molar-refractivity contribution in [1.82, 2.24) is 10.2 Å². The Morgan fingerprint density at radius 3 is 2.50 bits per heavy atom. The number of piperidine rings is 1. The second-order valence-electron chi connectivity index (χ2n) is 6.00. The smallest absolute Gasteiger partial charge is 0.239 e. The molecule has 22 heavy (non-hydrogen) atoms. The second kappa shape index (κ2) is 7.94. The largest absolute Gasteiger partial charge is 0.356 e. The molecule has 1 aromatic carbocycles. The van der Waals surface area contributed by atoms with E-state index in [0.29, 0.717) is 18.9 Å². The monoisotopic (exact) mass is 303 g/mol. The number of rotatable bonds is 5. The van der Waals surface area contributed by atoms with Crippen LogP contribution in [0.5, 0.6) is 0 Å². The Balaban J connectivity index is 1.78. The van der Waals surface area contributed by atoms with Crippen LogP contribution in [-0.2, 0) is 16.0 Å². The molecular weight excluding hydrogens is 278 g/mol. The van der Waals surface area contributed by atoms with Crippen LogP contribution >= 0.6 is 0 Å². The number of carbonyl (C=O) groups excluding carboxylic acids is 2. The highest BCUT2D eigenvalue weighted by atomic mass is 16.2. The summed E-state index contributed by atoms with van der Waals surface area (Å²) >= 11 is 0. The third kappa shape index (κ3) is 4.84. The van der Waals surface area contributed by atoms with Crippen LogP contribution in [0.3, 0.4) is 0 Å². The third-order valence-electron chi connectivity index (χ3n) is 4.18. The van der Waals surface area contributed by atoms with Gasteiger partial charge in [-0.15, -0.1) is 0 Å². The fraction of sp³-hybridized carbons (Fsp3) is 0.529. The molecule has 1 aromatic rings. The summed E-state index contributed by atoms with van der Waals surface area (Å²) < 4.78 is 0. The summed E-state index contributed by atoms with van der Waals surface area (Å²) in [5.41, 5.74) is 7.15. The molecule has 0 aliphatic carbocycles. The first kappa shape index (κ1) is 16.5. The zero-order valence-corrected chi connectivity index (χ0v) is 13.1. The molecule has 1 atom stereocenters. The van der Waals surface area contributed by atoms with Gasteiger partial charge in [0.1, 0.15) is 0 Å². The van der Waals surface area contributed by atoms with Crippen LogP contribution in [0.4, 0.5) is 0 Å². The first-order valence-corrected chi connectivity index (χ1v) is 7.89. The van der Waals surface area contributed by atoms with Crippen LogP contribution in [-0.4, -0.2) is 42.4 Å². The lowest BCUT2D eigenvalue weighted by Gasteiger charge is -2.33. The van der Waals surface area contributed by atoms with Crippen molar-refractivity contribution in [2.75, 3.05) is 19.6 Å². The third-order valence-corrected chi connectivity index (χ3v) is 4.18. The van der Waals surface area contributed by atoms with E-state index in [2.05, 4.69) is 5.32 Å². The zero-order chi connectivity index (χ0) is 15.9. The maximum absolute atomic E-state index is 12.4. The topological polar surface area (TPSA) is 75.4 Å². The number of carbonyl (C=O) groups is 2. The number of nitrogens with two attached hydrogens (primary N) is 1. The van der Waals surface area contributed by atoms with Gasteiger partial charge in [-0.2, -0.15) is 0 Å². The molecule has 0 radical (unpaired) electrons. The minimum Gasteiger partial charge on any atom is -0.356 e. The van der Waals surface area contributed by atoms with E-state index in [1.54, 1.807) is 0 Å². The quantitative estimate of drug-likeness (QED) is 0.850. The number of hydrogen-bond acceptors (Lipinski definition) is 3. The van der Waals surface area contributed by atoms with Crippen LogP contribution in [0, 0.1) is 5.92 Å². The summed E-state index contributed by atoms with van der Waals surface area (Å²) in [6.07, 6.45) is 2.42. The molecule has 0 saturated carbocycles. The first-order valence-electron chi connectivity index (χ1n) is 7.89. The van der Waals surface area contributed by atoms with Gasteiger partial charge < -0.3 is 16.0 Å². The van der Waals surface area contributed by atoms with E-state index in [1.165, 1.54) is 6.92 Å². The molecule has 1 saturated heterocycles. The standard InChI is InChI=1S/C17H25N3O2/c1-13(21)19-12-15-7-9-20(10-8-15)17(22)16(18)11-14-5-3-2-4-6-14/h2-6,15-16H,7-12,18H2,1H3,(H,19,21). The fourth-order valence-electron chi connectivity index (χ4n) is 2.84. The van der Waals surface area contributed by atoms with Gasteiger partial charge in [0.15, 0.2) is 0 Å². The molecule has 0 aromatic heterocycles. The van der Waals surface area contributed by atoms with Gasteiger partial charge in [-0.05, 0) is 30.7 Å². The Bertz CT molecular complexity index is 496. The van der Waals surface area contributed by atoms with Crippen molar-refractivity contribution in [2.45, 2.75) is 32.2 Å². The van der Waals surface area contributed by atoms with E-state index >= 15 is 0 Å². The highest BCUT2D eigenvalue weighted by molar-refractivity contribution is 5.82. The van der Waals surface area contributed by atoms with E-state index in [-0.39, 0.29) is 11.8 Å². The summed E-state index contributed by atoms with van der Waals surface area (Å²) in [7, 11) is 0. The van der Waals surface area contributed by atoms with Crippen molar-refractivity contribution < 1.29 is 9.59 Å². The molecule has 1 heterocycles. The Morgan fingerprint density at radius 1 is 1.27 bits per heavy atom. The Hall–Kier alpha value is -1.88. The van der Waals surface area contributed by atoms with Crippen molar-refractivity contribution >= 4 is 11.8 Å². The molecule has 1 fully saturated rings. The van der Waals surface area contributed by atoms with Gasteiger partial charge in [0.25, 0.3) is 0 Å². The molecule has 3 N–H and O–H groups in total. The number of amides is 2. The van der Waals surface area contributed by atoms with Gasteiger partial charge in [0.2, 0.25) is 11.8 Å². The summed E-state index contributed by atoms with van der Waals surface area (Å²) in [5.74, 6) is 0.489. The van der Waals surface area contributed by atoms with Crippen molar-refractivity contribution in [3.05, 3.63) is 35.9 Å². The van der Waals surface area contributed by atoms with E-state index in [4.69, 9.17) is 5.73 Å². The molecule has 0 bridgehead atoms. The fourth-order valence-corrected chi connectivity index (χ4v) is 2.84. The molecule has 5 nitrogen and oxygen atoms in total. The van der Waals surface area contributed by atoms with Gasteiger partial charge in [-0.25, -0.2) is 0 Å². The predicted molar refractivity (Wildman–Crippen MR) is 86.1 cm³/mol. The molecule has 2 rings (SSSR count). The highest BCUT2D eigenvalue weighted by Gasteiger charge is 2.26. The lowest BCUT2D eigenvalue weighted by atomic mass is 9.95. The molecule has 1 unspecified atom stereocenters. The van der Waals surface area contributed by atoms with Crippen molar-refractivity contribution in [3.8, 4) is 0 Å². The van der Waals surface area contributed by atoms with Crippen molar-refractivity contribution in [2.24, 2.45) is 11.7 Å². The molecule has 2 amide bonds. The molecular formula is C17H25N3O2.